The number of nitrogens with zero attached hydrogens (tertiary/aromatic N) is 3. The molecule has 9 nitrogen and oxygen atoms in total. The van der Waals surface area contributed by atoms with Crippen molar-refractivity contribution in [3.8, 4) is 0 Å². The molecule has 0 unspecified atom stereocenters. The maximum Gasteiger partial charge on any atom is 0.409 e. The normalized spacial score (nSPS) is 14.0. The molecule has 0 atom stereocenters. The van der Waals surface area contributed by atoms with Gasteiger partial charge in [0.15, 0.2) is 0 Å². The van der Waals surface area contributed by atoms with E-state index >= 15 is 0 Å². The highest BCUT2D eigenvalue weighted by molar-refractivity contribution is 5.99. The maximum atomic E-state index is 12.7. The van der Waals surface area contributed by atoms with E-state index in [0.717, 1.165) is 0 Å². The van der Waals surface area contributed by atoms with Gasteiger partial charge in [-0.1, -0.05) is 0 Å². The minimum absolute atomic E-state index is 0.208. The van der Waals surface area contributed by atoms with Crippen molar-refractivity contribution in [1.82, 2.24) is 20.1 Å². The highest BCUT2D eigenvalue weighted by atomic mass is 16.6. The van der Waals surface area contributed by atoms with E-state index in [9.17, 15) is 14.4 Å². The molecule has 1 aliphatic rings. The number of carbonyl (C=O) groups is 3. The van der Waals surface area contributed by atoms with Gasteiger partial charge in [-0.2, -0.15) is 0 Å². The molecule has 1 aliphatic heterocycles. The van der Waals surface area contributed by atoms with E-state index in [2.05, 4.69) is 10.3 Å². The Morgan fingerprint density at radius 1 is 1.11 bits per heavy atom. The van der Waals surface area contributed by atoms with Gasteiger partial charge in [0.2, 0.25) is 0 Å². The zero-order valence-corrected chi connectivity index (χ0v) is 15.8. The molecule has 0 aromatic carbocycles. The second kappa shape index (κ2) is 10.5. The molecule has 0 aliphatic carbocycles. The summed E-state index contributed by atoms with van der Waals surface area (Å²) < 4.78 is 9.91. The van der Waals surface area contributed by atoms with Crippen LogP contribution in [0.15, 0.2) is 18.5 Å². The molecule has 27 heavy (non-hydrogen) atoms. The average molecular weight is 378 g/mol. The number of methoxy groups -OCH3 is 1. The van der Waals surface area contributed by atoms with Crippen molar-refractivity contribution in [3.63, 3.8) is 0 Å². The van der Waals surface area contributed by atoms with Crippen molar-refractivity contribution in [2.24, 2.45) is 0 Å². The molecule has 0 spiro atoms. The number of hydrogen-bond donors (Lipinski definition) is 1. The number of nitrogens with one attached hydrogen (secondary N) is 1. The first-order valence-corrected chi connectivity index (χ1v) is 9.00. The summed E-state index contributed by atoms with van der Waals surface area (Å²) in [5, 5.41) is 2.77. The van der Waals surface area contributed by atoms with Crippen molar-refractivity contribution >= 4 is 17.9 Å². The van der Waals surface area contributed by atoms with E-state index in [1.807, 2.05) is 0 Å². The van der Waals surface area contributed by atoms with Gasteiger partial charge in [-0.15, -0.1) is 0 Å². The van der Waals surface area contributed by atoms with Crippen LogP contribution < -0.4 is 5.32 Å². The summed E-state index contributed by atoms with van der Waals surface area (Å²) in [5.74, 6) is -0.486. The smallest absolute Gasteiger partial charge is 0.409 e. The van der Waals surface area contributed by atoms with E-state index in [-0.39, 0.29) is 17.9 Å². The van der Waals surface area contributed by atoms with Crippen LogP contribution in [0.3, 0.4) is 0 Å². The van der Waals surface area contributed by atoms with Gasteiger partial charge < -0.3 is 24.6 Å². The zero-order valence-electron chi connectivity index (χ0n) is 15.8. The van der Waals surface area contributed by atoms with Gasteiger partial charge in [0.1, 0.15) is 0 Å². The fourth-order valence-electron chi connectivity index (χ4n) is 2.69. The van der Waals surface area contributed by atoms with Gasteiger partial charge in [0, 0.05) is 58.8 Å². The molecular formula is C18H26N4O5. The van der Waals surface area contributed by atoms with Crippen LogP contribution >= 0.6 is 0 Å². The maximum absolute atomic E-state index is 12.7. The van der Waals surface area contributed by atoms with Crippen LogP contribution in [0, 0.1) is 0 Å². The molecule has 1 N–H and O–H groups in total. The molecular weight excluding hydrogens is 352 g/mol. The van der Waals surface area contributed by atoms with Gasteiger partial charge in [-0.25, -0.2) is 4.79 Å². The summed E-state index contributed by atoms with van der Waals surface area (Å²) in [7, 11) is 1.60. The number of hydrogen-bond acceptors (Lipinski definition) is 6. The highest BCUT2D eigenvalue weighted by Crippen LogP contribution is 2.11. The van der Waals surface area contributed by atoms with Crippen LogP contribution in [0.25, 0.3) is 0 Å². The van der Waals surface area contributed by atoms with E-state index in [0.29, 0.717) is 63.5 Å². The lowest BCUT2D eigenvalue weighted by Gasteiger charge is -2.34. The molecule has 0 radical (unpaired) electrons. The fraction of sp³-hybridized carbons (Fsp3) is 0.556. The van der Waals surface area contributed by atoms with E-state index in [1.54, 1.807) is 29.9 Å². The first-order chi connectivity index (χ1) is 13.1. The summed E-state index contributed by atoms with van der Waals surface area (Å²) >= 11 is 0. The van der Waals surface area contributed by atoms with Crippen LogP contribution in [0.5, 0.6) is 0 Å². The molecule has 2 rings (SSSR count). The monoisotopic (exact) mass is 378 g/mol. The largest absolute Gasteiger partial charge is 0.450 e. The average Bonchev–Trinajstić information content (AvgIpc) is 2.71. The van der Waals surface area contributed by atoms with E-state index < -0.39 is 0 Å². The SMILES string of the molecule is CCOC(=O)N1CCN(C(=O)c2cncc(C(=O)NCCCOC)c2)CC1. The zero-order chi connectivity index (χ0) is 19.6. The predicted molar refractivity (Wildman–Crippen MR) is 97.6 cm³/mol. The molecule has 3 amide bonds. The number of amides is 3. The van der Waals surface area contributed by atoms with E-state index in [4.69, 9.17) is 9.47 Å². The van der Waals surface area contributed by atoms with Crippen molar-refractivity contribution in [2.75, 3.05) is 53.0 Å². The summed E-state index contributed by atoms with van der Waals surface area (Å²) in [4.78, 5) is 43.8. The Kier molecular flexibility index (Phi) is 8.00. The van der Waals surface area contributed by atoms with Crippen molar-refractivity contribution in [1.29, 1.82) is 0 Å². The third kappa shape index (κ3) is 5.92. The molecule has 2 heterocycles. The minimum Gasteiger partial charge on any atom is -0.450 e. The van der Waals surface area contributed by atoms with Crippen LogP contribution in [0.1, 0.15) is 34.1 Å². The third-order valence-corrected chi connectivity index (χ3v) is 4.15. The van der Waals surface area contributed by atoms with Crippen LogP contribution in [-0.4, -0.2) is 85.7 Å². The third-order valence-electron chi connectivity index (χ3n) is 4.15. The molecule has 1 saturated heterocycles. The van der Waals surface area contributed by atoms with E-state index in [1.165, 1.54) is 12.4 Å². The summed E-state index contributed by atoms with van der Waals surface area (Å²) in [5.41, 5.74) is 0.688. The predicted octanol–water partition coefficient (Wildman–Crippen LogP) is 0.762. The lowest BCUT2D eigenvalue weighted by Crippen LogP contribution is -2.50. The standard InChI is InChI=1S/C18H26N4O5/c1-3-27-18(25)22-8-6-21(7-9-22)17(24)15-11-14(12-19-13-15)16(23)20-5-4-10-26-2/h11-13H,3-10H2,1-2H3,(H,20,23). The van der Waals surface area contributed by atoms with Crippen molar-refractivity contribution in [3.05, 3.63) is 29.6 Å². The Bertz CT molecular complexity index is 659. The molecule has 0 bridgehead atoms. The van der Waals surface area contributed by atoms with Crippen LogP contribution in [-0.2, 0) is 9.47 Å². The number of rotatable bonds is 7. The summed E-state index contributed by atoms with van der Waals surface area (Å²) in [6.45, 7) is 4.77. The Morgan fingerprint density at radius 2 is 1.78 bits per heavy atom. The number of piperazine rings is 1. The van der Waals surface area contributed by atoms with Gasteiger partial charge in [0.25, 0.3) is 11.8 Å². The highest BCUT2D eigenvalue weighted by Gasteiger charge is 2.26. The molecule has 9 heteroatoms. The fourth-order valence-corrected chi connectivity index (χ4v) is 2.69. The summed E-state index contributed by atoms with van der Waals surface area (Å²) in [6, 6.07) is 1.54. The molecule has 148 valence electrons. The van der Waals surface area contributed by atoms with Gasteiger partial charge in [0.05, 0.1) is 17.7 Å². The van der Waals surface area contributed by atoms with Gasteiger partial charge in [-0.3, -0.25) is 14.6 Å². The lowest BCUT2D eigenvalue weighted by atomic mass is 10.1. The second-order valence-electron chi connectivity index (χ2n) is 6.04. The first kappa shape index (κ1) is 20.6. The Balaban J connectivity index is 1.91. The van der Waals surface area contributed by atoms with Crippen LogP contribution in [0.4, 0.5) is 4.79 Å². The Morgan fingerprint density at radius 3 is 2.44 bits per heavy atom. The number of pyridine rings is 1. The number of carbonyl (C=O) groups excluding carboxylic acids is 3. The Labute approximate surface area is 158 Å². The molecule has 0 saturated carbocycles. The first-order valence-electron chi connectivity index (χ1n) is 9.00. The number of ether oxygens (including phenoxy) is 2. The Hall–Kier alpha value is -2.68. The minimum atomic E-state index is -0.363. The molecule has 1 aromatic heterocycles. The second-order valence-corrected chi connectivity index (χ2v) is 6.04. The van der Waals surface area contributed by atoms with Crippen molar-refractivity contribution < 1.29 is 23.9 Å². The van der Waals surface area contributed by atoms with Gasteiger partial charge >= 0.3 is 6.09 Å². The van der Waals surface area contributed by atoms with Gasteiger partial charge in [-0.05, 0) is 19.4 Å². The summed E-state index contributed by atoms with van der Waals surface area (Å²) in [6.07, 6.45) is 3.22. The van der Waals surface area contributed by atoms with Crippen LogP contribution in [0.2, 0.25) is 0 Å². The van der Waals surface area contributed by atoms with Crippen molar-refractivity contribution in [2.45, 2.75) is 13.3 Å². The molecule has 1 aromatic rings. The number of aromatic nitrogens is 1. The lowest BCUT2D eigenvalue weighted by molar-refractivity contribution is 0.0570. The molecule has 1 fully saturated rings. The topological polar surface area (TPSA) is 101 Å². The quantitative estimate of drug-likeness (QED) is 0.703.